The first-order valence-corrected chi connectivity index (χ1v) is 7.09. The van der Waals surface area contributed by atoms with E-state index < -0.39 is 5.97 Å². The molecule has 0 aliphatic carbocycles. The van der Waals surface area contributed by atoms with Crippen molar-refractivity contribution in [1.29, 1.82) is 0 Å². The lowest BCUT2D eigenvalue weighted by molar-refractivity contribution is -0.126. The molecule has 0 fully saturated rings. The van der Waals surface area contributed by atoms with E-state index in [0.29, 0.717) is 11.3 Å². The standard InChI is InChI=1S/C14H17NO4.C2H6/c1-4-12(16)15(13(17)5-2)11-8-6-7-10(9-11)14(18)19-3;1-2/h6-9H,4-5H2,1-3H3;1-2H3. The normalized spacial score (nSPS) is 9.19. The van der Waals surface area contributed by atoms with Gasteiger partial charge in [-0.15, -0.1) is 0 Å². The third kappa shape index (κ3) is 5.02. The third-order valence-electron chi connectivity index (χ3n) is 2.63. The Bertz CT molecular complexity index is 481. The van der Waals surface area contributed by atoms with Crippen molar-refractivity contribution in [1.82, 2.24) is 0 Å². The van der Waals surface area contributed by atoms with Gasteiger partial charge in [-0.3, -0.25) is 14.5 Å². The van der Waals surface area contributed by atoms with Gasteiger partial charge in [-0.2, -0.15) is 0 Å². The number of carbonyl (C=O) groups is 3. The average Bonchev–Trinajstić information content (AvgIpc) is 2.55. The monoisotopic (exact) mass is 293 g/mol. The Balaban J connectivity index is 0.00000191. The van der Waals surface area contributed by atoms with Crippen molar-refractivity contribution in [2.24, 2.45) is 0 Å². The van der Waals surface area contributed by atoms with Crippen molar-refractivity contribution in [3.63, 3.8) is 0 Å². The van der Waals surface area contributed by atoms with Crippen LogP contribution in [0.25, 0.3) is 0 Å². The summed E-state index contributed by atoms with van der Waals surface area (Å²) in [4.78, 5) is 36.3. The molecule has 0 aliphatic rings. The van der Waals surface area contributed by atoms with Crippen LogP contribution in [0.5, 0.6) is 0 Å². The molecule has 21 heavy (non-hydrogen) atoms. The Morgan fingerprint density at radius 3 is 2.00 bits per heavy atom. The number of ether oxygens (including phenoxy) is 1. The minimum absolute atomic E-state index is 0.216. The summed E-state index contributed by atoms with van der Waals surface area (Å²) < 4.78 is 4.62. The van der Waals surface area contributed by atoms with E-state index in [1.54, 1.807) is 32.0 Å². The van der Waals surface area contributed by atoms with Crippen molar-refractivity contribution in [2.45, 2.75) is 40.5 Å². The van der Waals surface area contributed by atoms with Gasteiger partial charge in [-0.25, -0.2) is 4.79 Å². The van der Waals surface area contributed by atoms with E-state index in [4.69, 9.17) is 0 Å². The molecule has 0 saturated heterocycles. The van der Waals surface area contributed by atoms with Crippen molar-refractivity contribution < 1.29 is 19.1 Å². The van der Waals surface area contributed by atoms with Gasteiger partial charge in [-0.05, 0) is 18.2 Å². The van der Waals surface area contributed by atoms with E-state index in [2.05, 4.69) is 4.74 Å². The lowest BCUT2D eigenvalue weighted by atomic mass is 10.1. The number of imide groups is 1. The number of methoxy groups -OCH3 is 1. The fraction of sp³-hybridized carbons (Fsp3) is 0.438. The summed E-state index contributed by atoms with van der Waals surface area (Å²) in [5.41, 5.74) is 0.694. The Morgan fingerprint density at radius 1 is 1.05 bits per heavy atom. The van der Waals surface area contributed by atoms with Crippen molar-refractivity contribution in [2.75, 3.05) is 12.0 Å². The zero-order valence-corrected chi connectivity index (χ0v) is 13.3. The van der Waals surface area contributed by atoms with E-state index >= 15 is 0 Å². The Kier molecular flexibility index (Phi) is 8.69. The minimum Gasteiger partial charge on any atom is -0.465 e. The van der Waals surface area contributed by atoms with Gasteiger partial charge in [0.1, 0.15) is 0 Å². The summed E-state index contributed by atoms with van der Waals surface area (Å²) in [6, 6.07) is 6.28. The molecule has 0 radical (unpaired) electrons. The smallest absolute Gasteiger partial charge is 0.337 e. The second-order valence-electron chi connectivity index (χ2n) is 3.87. The van der Waals surface area contributed by atoms with Crippen LogP contribution in [0.2, 0.25) is 0 Å². The molecule has 0 aromatic heterocycles. The van der Waals surface area contributed by atoms with Crippen LogP contribution in [-0.4, -0.2) is 24.9 Å². The summed E-state index contributed by atoms with van der Waals surface area (Å²) in [6.45, 7) is 7.37. The largest absolute Gasteiger partial charge is 0.465 e. The summed E-state index contributed by atoms with van der Waals surface area (Å²) in [7, 11) is 1.28. The summed E-state index contributed by atoms with van der Waals surface area (Å²) in [6.07, 6.45) is 0.433. The number of hydrogen-bond acceptors (Lipinski definition) is 4. The molecule has 0 atom stereocenters. The van der Waals surface area contributed by atoms with Crippen LogP contribution in [0.1, 0.15) is 50.9 Å². The first-order valence-electron chi connectivity index (χ1n) is 7.09. The van der Waals surface area contributed by atoms with Crippen LogP contribution in [0.4, 0.5) is 5.69 Å². The minimum atomic E-state index is -0.505. The number of amides is 2. The predicted molar refractivity (Wildman–Crippen MR) is 82.2 cm³/mol. The van der Waals surface area contributed by atoms with Gasteiger partial charge in [0, 0.05) is 12.8 Å². The number of hydrogen-bond donors (Lipinski definition) is 0. The maximum absolute atomic E-state index is 11.9. The molecule has 2 amide bonds. The molecular weight excluding hydrogens is 270 g/mol. The van der Waals surface area contributed by atoms with Gasteiger partial charge in [0.25, 0.3) is 0 Å². The van der Waals surface area contributed by atoms with Crippen molar-refractivity contribution in [3.8, 4) is 0 Å². The van der Waals surface area contributed by atoms with Gasteiger partial charge in [0.15, 0.2) is 0 Å². The molecule has 1 rings (SSSR count). The number of benzene rings is 1. The quantitative estimate of drug-likeness (QED) is 0.800. The molecule has 1 aromatic carbocycles. The SMILES string of the molecule is CC.CCC(=O)N(C(=O)CC)c1cccc(C(=O)OC)c1. The zero-order valence-electron chi connectivity index (χ0n) is 13.3. The lowest BCUT2D eigenvalue weighted by Gasteiger charge is -2.20. The molecule has 5 nitrogen and oxygen atoms in total. The molecule has 0 spiro atoms. The number of rotatable bonds is 4. The highest BCUT2D eigenvalue weighted by Gasteiger charge is 2.21. The van der Waals surface area contributed by atoms with Crippen LogP contribution < -0.4 is 4.90 Å². The van der Waals surface area contributed by atoms with E-state index in [-0.39, 0.29) is 24.7 Å². The van der Waals surface area contributed by atoms with Crippen LogP contribution in [0.3, 0.4) is 0 Å². The second-order valence-corrected chi connectivity index (χ2v) is 3.87. The number of anilines is 1. The maximum atomic E-state index is 11.9. The maximum Gasteiger partial charge on any atom is 0.337 e. The van der Waals surface area contributed by atoms with Crippen LogP contribution in [-0.2, 0) is 14.3 Å². The highest BCUT2D eigenvalue weighted by Crippen LogP contribution is 2.19. The fourth-order valence-corrected chi connectivity index (χ4v) is 1.63. The Labute approximate surface area is 125 Å². The first kappa shape index (κ1) is 18.8. The molecule has 0 saturated carbocycles. The third-order valence-corrected chi connectivity index (χ3v) is 2.63. The topological polar surface area (TPSA) is 63.7 Å². The van der Waals surface area contributed by atoms with Crippen molar-refractivity contribution in [3.05, 3.63) is 29.8 Å². The molecule has 5 heteroatoms. The molecule has 116 valence electrons. The molecule has 0 unspecified atom stereocenters. The first-order chi connectivity index (χ1) is 10.0. The molecule has 0 aliphatic heterocycles. The van der Waals surface area contributed by atoms with Crippen LogP contribution >= 0.6 is 0 Å². The van der Waals surface area contributed by atoms with E-state index in [1.807, 2.05) is 13.8 Å². The van der Waals surface area contributed by atoms with Gasteiger partial charge >= 0.3 is 5.97 Å². The van der Waals surface area contributed by atoms with Gasteiger partial charge in [0.2, 0.25) is 11.8 Å². The van der Waals surface area contributed by atoms with E-state index in [1.165, 1.54) is 13.2 Å². The highest BCUT2D eigenvalue weighted by atomic mass is 16.5. The number of nitrogens with zero attached hydrogens (tertiary/aromatic N) is 1. The molecule has 0 bridgehead atoms. The Morgan fingerprint density at radius 2 is 1.57 bits per heavy atom. The molecular formula is C16H23NO4. The fourth-order valence-electron chi connectivity index (χ4n) is 1.63. The lowest BCUT2D eigenvalue weighted by Crippen LogP contribution is -2.36. The number of carbonyl (C=O) groups excluding carboxylic acids is 3. The van der Waals surface area contributed by atoms with E-state index in [0.717, 1.165) is 4.90 Å². The molecule has 0 N–H and O–H groups in total. The predicted octanol–water partition coefficient (Wildman–Crippen LogP) is 3.18. The second kappa shape index (κ2) is 9.69. The average molecular weight is 293 g/mol. The summed E-state index contributed by atoms with van der Waals surface area (Å²) in [5.74, 6) is -1.10. The van der Waals surface area contributed by atoms with Crippen LogP contribution in [0.15, 0.2) is 24.3 Å². The molecule has 1 aromatic rings. The molecule has 0 heterocycles. The Hall–Kier alpha value is -2.17. The highest BCUT2D eigenvalue weighted by molar-refractivity contribution is 6.15. The van der Waals surface area contributed by atoms with Crippen molar-refractivity contribution >= 4 is 23.5 Å². The van der Waals surface area contributed by atoms with Crippen LogP contribution in [0, 0.1) is 0 Å². The van der Waals surface area contributed by atoms with Gasteiger partial charge in [0.05, 0.1) is 18.4 Å². The van der Waals surface area contributed by atoms with Gasteiger partial charge in [-0.1, -0.05) is 33.8 Å². The van der Waals surface area contributed by atoms with Gasteiger partial charge < -0.3 is 4.74 Å². The zero-order chi connectivity index (χ0) is 16.4. The number of esters is 1. The summed E-state index contributed by atoms with van der Waals surface area (Å²) >= 11 is 0. The van der Waals surface area contributed by atoms with E-state index in [9.17, 15) is 14.4 Å². The summed E-state index contributed by atoms with van der Waals surface area (Å²) in [5, 5.41) is 0.